The molecule has 1 saturated heterocycles. The number of nitrogens with one attached hydrogen (secondary N) is 1. The van der Waals surface area contributed by atoms with Crippen LogP contribution >= 0.6 is 0 Å². The Morgan fingerprint density at radius 2 is 1.86 bits per heavy atom. The summed E-state index contributed by atoms with van der Waals surface area (Å²) in [5, 5.41) is 34.9. The van der Waals surface area contributed by atoms with Gasteiger partial charge in [0.15, 0.2) is 5.78 Å². The third kappa shape index (κ3) is 5.64. The third-order valence-corrected chi connectivity index (χ3v) is 8.62. The number of allylic oxidation sites excluding steroid dienone is 5. The van der Waals surface area contributed by atoms with E-state index < -0.39 is 23.5 Å². The van der Waals surface area contributed by atoms with E-state index in [1.165, 1.54) is 0 Å². The first kappa shape index (κ1) is 27.4. The molecule has 0 unspecified atom stereocenters. The lowest BCUT2D eigenvalue weighted by molar-refractivity contribution is -0.118. The van der Waals surface area contributed by atoms with Gasteiger partial charge in [0.1, 0.15) is 11.3 Å². The van der Waals surface area contributed by atoms with E-state index in [0.717, 1.165) is 12.8 Å². The van der Waals surface area contributed by atoms with Crippen LogP contribution in [0.3, 0.4) is 0 Å². The Balaban J connectivity index is 1.90. The Morgan fingerprint density at radius 1 is 1.17 bits per heavy atom. The van der Waals surface area contributed by atoms with E-state index in [1.807, 2.05) is 32.9 Å². The largest absolute Gasteiger partial charge is 0.511 e. The first-order chi connectivity index (χ1) is 16.5. The number of ketones is 1. The Morgan fingerprint density at radius 3 is 2.49 bits per heavy atom. The molecule has 0 aromatic rings. The first-order valence-electron chi connectivity index (χ1n) is 13.1. The minimum Gasteiger partial charge on any atom is -0.511 e. The van der Waals surface area contributed by atoms with Crippen molar-refractivity contribution in [1.82, 2.24) is 5.32 Å². The summed E-state index contributed by atoms with van der Waals surface area (Å²) in [6.45, 7) is 10.2. The number of hydrogen-bond donors (Lipinski definition) is 4. The van der Waals surface area contributed by atoms with Gasteiger partial charge in [0, 0.05) is 11.3 Å². The second-order valence-electron chi connectivity index (χ2n) is 11.3. The van der Waals surface area contributed by atoms with Crippen LogP contribution in [0.15, 0.2) is 47.8 Å². The minimum atomic E-state index is -0.837. The average molecular weight is 486 g/mol. The Hall–Kier alpha value is -2.18. The zero-order valence-electron chi connectivity index (χ0n) is 21.8. The molecule has 6 nitrogen and oxygen atoms in total. The number of aliphatic hydroxyl groups excluding tert-OH is 3. The minimum absolute atomic E-state index is 0.0251. The molecule has 0 bridgehead atoms. The lowest BCUT2D eigenvalue weighted by Gasteiger charge is -2.54. The molecule has 0 aromatic carbocycles. The summed E-state index contributed by atoms with van der Waals surface area (Å²) in [5.41, 5.74) is -0.954. The van der Waals surface area contributed by atoms with Crippen LogP contribution in [0.25, 0.3) is 0 Å². The second-order valence-corrected chi connectivity index (χ2v) is 11.3. The number of Topliss-reactive ketones (excluding diaryl/α,β-unsaturated/α-hetero) is 1. The van der Waals surface area contributed by atoms with Gasteiger partial charge in [-0.3, -0.25) is 9.59 Å². The average Bonchev–Trinajstić information content (AvgIpc) is 3.14. The van der Waals surface area contributed by atoms with Gasteiger partial charge in [-0.25, -0.2) is 0 Å². The van der Waals surface area contributed by atoms with Gasteiger partial charge in [-0.15, -0.1) is 0 Å². The molecule has 3 aliphatic rings. The molecule has 1 amide bonds. The molecule has 2 fully saturated rings. The smallest absolute Gasteiger partial charge is 0.258 e. The predicted octanol–water partition coefficient (Wildman–Crippen LogP) is 4.26. The fraction of sp³-hybridized carbons (Fsp3) is 0.655. The van der Waals surface area contributed by atoms with Gasteiger partial charge in [0.25, 0.3) is 5.91 Å². The molecule has 4 N–H and O–H groups in total. The Bertz CT molecular complexity index is 900. The summed E-state index contributed by atoms with van der Waals surface area (Å²) in [6, 6.07) is 0. The van der Waals surface area contributed by atoms with E-state index in [2.05, 4.69) is 31.3 Å². The van der Waals surface area contributed by atoms with Gasteiger partial charge >= 0.3 is 0 Å². The van der Waals surface area contributed by atoms with Crippen LogP contribution in [0.5, 0.6) is 0 Å². The maximum atomic E-state index is 12.5. The number of carbonyl (C=O) groups excluding carboxylic acids is 2. The van der Waals surface area contributed by atoms with E-state index in [-0.39, 0.29) is 47.3 Å². The Labute approximate surface area is 209 Å². The van der Waals surface area contributed by atoms with Crippen LogP contribution < -0.4 is 5.32 Å². The highest BCUT2D eigenvalue weighted by Crippen LogP contribution is 2.58. The molecule has 194 valence electrons. The maximum absolute atomic E-state index is 12.5. The summed E-state index contributed by atoms with van der Waals surface area (Å²) in [7, 11) is 0. The van der Waals surface area contributed by atoms with Gasteiger partial charge in [-0.1, -0.05) is 71.1 Å². The topological polar surface area (TPSA) is 107 Å². The molecule has 1 heterocycles. The molecule has 1 aliphatic heterocycles. The van der Waals surface area contributed by atoms with Crippen molar-refractivity contribution in [1.29, 1.82) is 0 Å². The van der Waals surface area contributed by atoms with E-state index in [1.54, 1.807) is 12.2 Å². The molecule has 0 radical (unpaired) electrons. The fourth-order valence-corrected chi connectivity index (χ4v) is 6.77. The SMILES string of the molecule is CC[C@@H](O)[C@@H](C)/C=C/C=C/[C@H](O)C[C@H]1C=C[C@@H]2C[C@@H](C)C[C@H](C)[C@H]2[C@@]1(C)C(O)=C1C(=O)CNC1=O. The number of fused-ring (bicyclic) bond motifs is 1. The van der Waals surface area contributed by atoms with Crippen LogP contribution in [0.1, 0.15) is 60.3 Å². The van der Waals surface area contributed by atoms with Crippen molar-refractivity contribution >= 4 is 11.7 Å². The fourth-order valence-electron chi connectivity index (χ4n) is 6.77. The summed E-state index contributed by atoms with van der Waals surface area (Å²) in [6.07, 6.45) is 13.5. The highest BCUT2D eigenvalue weighted by molar-refractivity contribution is 6.25. The molecular weight excluding hydrogens is 442 g/mol. The van der Waals surface area contributed by atoms with Crippen LogP contribution in [0, 0.1) is 40.9 Å². The molecule has 6 heteroatoms. The highest BCUT2D eigenvalue weighted by Gasteiger charge is 2.54. The van der Waals surface area contributed by atoms with Crippen molar-refractivity contribution in [2.24, 2.45) is 40.9 Å². The van der Waals surface area contributed by atoms with E-state index in [9.17, 15) is 24.9 Å². The van der Waals surface area contributed by atoms with Crippen LogP contribution in [-0.2, 0) is 9.59 Å². The van der Waals surface area contributed by atoms with Gasteiger partial charge in [0.2, 0.25) is 0 Å². The lowest BCUT2D eigenvalue weighted by atomic mass is 9.50. The molecule has 0 spiro atoms. The molecule has 0 aromatic heterocycles. The lowest BCUT2D eigenvalue weighted by Crippen LogP contribution is -2.49. The number of amides is 1. The van der Waals surface area contributed by atoms with Crippen molar-refractivity contribution in [3.63, 3.8) is 0 Å². The second kappa shape index (κ2) is 11.3. The van der Waals surface area contributed by atoms with Gasteiger partial charge < -0.3 is 20.6 Å². The molecule has 3 rings (SSSR count). The monoisotopic (exact) mass is 485 g/mol. The van der Waals surface area contributed by atoms with Crippen molar-refractivity contribution in [2.75, 3.05) is 6.54 Å². The van der Waals surface area contributed by atoms with Gasteiger partial charge in [0.05, 0.1) is 18.8 Å². The van der Waals surface area contributed by atoms with E-state index >= 15 is 0 Å². The zero-order chi connectivity index (χ0) is 25.9. The zero-order valence-corrected chi connectivity index (χ0v) is 21.8. The van der Waals surface area contributed by atoms with E-state index in [0.29, 0.717) is 24.7 Å². The van der Waals surface area contributed by atoms with Crippen LogP contribution in [0.4, 0.5) is 0 Å². The molecule has 35 heavy (non-hydrogen) atoms. The first-order valence-corrected chi connectivity index (χ1v) is 13.1. The van der Waals surface area contributed by atoms with E-state index in [4.69, 9.17) is 0 Å². The summed E-state index contributed by atoms with van der Waals surface area (Å²) >= 11 is 0. The number of aliphatic hydroxyl groups is 3. The standard InChI is InChI=1S/C29H43NO5/c1-6-23(32)18(3)9-7-8-10-22(31)15-21-12-11-20-14-17(2)13-19(4)26(20)29(21,5)27(34)25-24(33)16-30-28(25)35/h7-12,17-23,26,31-32,34H,6,13-16H2,1-5H3,(H,30,35)/b9-7+,10-8+,27-25?/t17-,18-,19-,20+,21+,22-,23+,26+,29-/m0/s1. The van der Waals surface area contributed by atoms with Crippen molar-refractivity contribution in [3.8, 4) is 0 Å². The molecular formula is C29H43NO5. The summed E-state index contributed by atoms with van der Waals surface area (Å²) < 4.78 is 0. The number of hydrogen-bond acceptors (Lipinski definition) is 5. The quantitative estimate of drug-likeness (QED) is 0.135. The Kier molecular flexibility index (Phi) is 8.81. The summed E-state index contributed by atoms with van der Waals surface area (Å²) in [4.78, 5) is 25.0. The predicted molar refractivity (Wildman–Crippen MR) is 137 cm³/mol. The highest BCUT2D eigenvalue weighted by atomic mass is 16.3. The number of rotatable bonds is 8. The third-order valence-electron chi connectivity index (χ3n) is 8.62. The van der Waals surface area contributed by atoms with Gasteiger partial charge in [-0.05, 0) is 55.3 Å². The summed E-state index contributed by atoms with van der Waals surface area (Å²) in [5.74, 6) is -0.0397. The maximum Gasteiger partial charge on any atom is 0.258 e. The molecule has 9 atom stereocenters. The number of carbonyl (C=O) groups is 2. The van der Waals surface area contributed by atoms with Crippen molar-refractivity contribution < 1.29 is 24.9 Å². The van der Waals surface area contributed by atoms with Crippen molar-refractivity contribution in [3.05, 3.63) is 47.8 Å². The van der Waals surface area contributed by atoms with Crippen LogP contribution in [-0.4, -0.2) is 45.8 Å². The van der Waals surface area contributed by atoms with Crippen LogP contribution in [0.2, 0.25) is 0 Å². The molecule has 1 saturated carbocycles. The van der Waals surface area contributed by atoms with Gasteiger partial charge in [-0.2, -0.15) is 0 Å². The van der Waals surface area contributed by atoms with Crippen molar-refractivity contribution in [2.45, 2.75) is 72.5 Å². The normalized spacial score (nSPS) is 37.4. The molecule has 2 aliphatic carbocycles.